The van der Waals surface area contributed by atoms with Gasteiger partial charge in [0.15, 0.2) is 0 Å². The van der Waals surface area contributed by atoms with Crippen molar-refractivity contribution in [1.29, 1.82) is 0 Å². The Balaban J connectivity index is 1.58. The minimum Gasteiger partial charge on any atom is -0.343 e. The predicted molar refractivity (Wildman–Crippen MR) is 122 cm³/mol. The van der Waals surface area contributed by atoms with Gasteiger partial charge in [-0.25, -0.2) is 10.3 Å². The smallest absolute Gasteiger partial charge is 0.265 e. The van der Waals surface area contributed by atoms with Gasteiger partial charge in [0, 0.05) is 16.7 Å². The lowest BCUT2D eigenvalue weighted by atomic mass is 10.1. The van der Waals surface area contributed by atoms with E-state index in [4.69, 9.17) is 15.8 Å². The Morgan fingerprint density at radius 2 is 2.13 bits per heavy atom. The Hall–Kier alpha value is -1.46. The average Bonchev–Trinajstić information content (AvgIpc) is 3.35. The zero-order valence-electron chi connectivity index (χ0n) is 16.7. The number of hydrogen-bond donors (Lipinski definition) is 1. The monoisotopic (exact) mass is 466 g/mol. The van der Waals surface area contributed by atoms with Crippen molar-refractivity contribution in [3.05, 3.63) is 63.7 Å². The van der Waals surface area contributed by atoms with Gasteiger partial charge in [-0.3, -0.25) is 4.18 Å². The Bertz CT molecular complexity index is 1140. The second kappa shape index (κ2) is 7.59. The first kappa shape index (κ1) is 20.4. The molecule has 0 bridgehead atoms. The van der Waals surface area contributed by atoms with Crippen LogP contribution in [-0.4, -0.2) is 61.9 Å². The molecule has 0 radical (unpaired) electrons. The van der Waals surface area contributed by atoms with Crippen molar-refractivity contribution >= 4 is 42.9 Å². The predicted octanol–water partition coefficient (Wildman–Crippen LogP) is 2.64. The number of allylic oxidation sites excluding steroid dienone is 2. The molecule has 1 aromatic rings. The van der Waals surface area contributed by atoms with Gasteiger partial charge in [0.2, 0.25) is 0 Å². The van der Waals surface area contributed by atoms with Crippen molar-refractivity contribution < 1.29 is 12.6 Å². The highest BCUT2D eigenvalue weighted by molar-refractivity contribution is 8.19. The highest BCUT2D eigenvalue weighted by atomic mass is 35.5. The number of nitrogens with zero attached hydrogens (tertiary/aromatic N) is 3. The second-order valence-electron chi connectivity index (χ2n) is 7.60. The molecule has 7 nitrogen and oxygen atoms in total. The molecule has 0 aromatic heterocycles. The van der Waals surface area contributed by atoms with Crippen LogP contribution in [0.2, 0.25) is 5.02 Å². The van der Waals surface area contributed by atoms with E-state index < -0.39 is 10.1 Å². The second-order valence-corrected chi connectivity index (χ2v) is 11.5. The first-order valence-electron chi connectivity index (χ1n) is 9.61. The maximum atomic E-state index is 11.6. The summed E-state index contributed by atoms with van der Waals surface area (Å²) in [5.74, 6) is 0. The zero-order valence-corrected chi connectivity index (χ0v) is 19.1. The van der Waals surface area contributed by atoms with Crippen LogP contribution < -0.4 is 10.3 Å². The van der Waals surface area contributed by atoms with Crippen molar-refractivity contribution in [1.82, 2.24) is 15.3 Å². The molecule has 2 unspecified atom stereocenters. The number of anilines is 1. The third kappa shape index (κ3) is 3.48. The van der Waals surface area contributed by atoms with Crippen LogP contribution >= 0.6 is 22.1 Å². The fourth-order valence-electron chi connectivity index (χ4n) is 4.35. The molecule has 2 atom stereocenters. The summed E-state index contributed by atoms with van der Waals surface area (Å²) in [6.45, 7) is 1.16. The summed E-state index contributed by atoms with van der Waals surface area (Å²) in [5.41, 5.74) is 6.87. The van der Waals surface area contributed by atoms with Gasteiger partial charge in [-0.05, 0) is 30.4 Å². The minimum atomic E-state index is -3.54. The molecule has 30 heavy (non-hydrogen) atoms. The number of nitrogens with one attached hydrogen (secondary N) is 1. The lowest BCUT2D eigenvalue weighted by molar-refractivity contribution is 0.0640. The van der Waals surface area contributed by atoms with Gasteiger partial charge in [-0.15, -0.1) is 10.5 Å². The number of halogens is 1. The summed E-state index contributed by atoms with van der Waals surface area (Å²) in [4.78, 5) is 7.19. The normalized spacial score (nSPS) is 26.7. The maximum Gasteiger partial charge on any atom is 0.265 e. The van der Waals surface area contributed by atoms with E-state index >= 15 is 0 Å². The van der Waals surface area contributed by atoms with Crippen LogP contribution in [0.3, 0.4) is 0 Å². The molecule has 3 heterocycles. The standard InChI is InChI=1S/C20H23ClN4O3S2/c1-29-18-9-5-6-14(18)15-10-23(17-8-4-3-7-16(17)21)11-19-24(20(15)29)12-22-25(19)13-28-30(2,26)27/h3-5,7-10,19,22H,6,11-13H2,1-2H3. The molecule has 0 amide bonds. The number of hydrogen-bond acceptors (Lipinski definition) is 7. The van der Waals surface area contributed by atoms with Crippen LogP contribution in [0.4, 0.5) is 5.69 Å². The van der Waals surface area contributed by atoms with Gasteiger partial charge in [-0.1, -0.05) is 35.9 Å². The summed E-state index contributed by atoms with van der Waals surface area (Å²) < 4.78 is 28.2. The maximum absolute atomic E-state index is 11.6. The molecule has 160 valence electrons. The molecule has 0 spiro atoms. The fourth-order valence-corrected chi connectivity index (χ4v) is 7.01. The van der Waals surface area contributed by atoms with Crippen LogP contribution in [0.5, 0.6) is 0 Å². The van der Waals surface area contributed by atoms with Gasteiger partial charge in [-0.2, -0.15) is 13.4 Å². The topological polar surface area (TPSA) is 65.1 Å². The molecule has 4 aliphatic rings. The van der Waals surface area contributed by atoms with Crippen LogP contribution in [0.1, 0.15) is 6.42 Å². The third-order valence-corrected chi connectivity index (χ3v) is 8.63. The highest BCUT2D eigenvalue weighted by Crippen LogP contribution is 2.48. The van der Waals surface area contributed by atoms with Gasteiger partial charge in [0.25, 0.3) is 10.1 Å². The van der Waals surface area contributed by atoms with Crippen LogP contribution in [0, 0.1) is 0 Å². The van der Waals surface area contributed by atoms with Crippen molar-refractivity contribution in [2.75, 3.05) is 37.4 Å². The molecule has 10 heteroatoms. The lowest BCUT2D eigenvalue weighted by Gasteiger charge is -2.31. The van der Waals surface area contributed by atoms with Crippen LogP contribution in [0.25, 0.3) is 0 Å². The fraction of sp³-hybridized carbons (Fsp3) is 0.350. The molecule has 1 saturated heterocycles. The van der Waals surface area contributed by atoms with E-state index in [9.17, 15) is 8.42 Å². The van der Waals surface area contributed by atoms with Crippen molar-refractivity contribution in [3.63, 3.8) is 0 Å². The Labute approximate surface area is 184 Å². The summed E-state index contributed by atoms with van der Waals surface area (Å²) in [7, 11) is -3.59. The molecule has 3 aliphatic heterocycles. The summed E-state index contributed by atoms with van der Waals surface area (Å²) in [6.07, 6.45) is 10.8. The quantitative estimate of drug-likeness (QED) is 0.540. The van der Waals surface area contributed by atoms with Crippen molar-refractivity contribution in [2.45, 2.75) is 12.6 Å². The molecule has 1 fully saturated rings. The molecular weight excluding hydrogens is 444 g/mol. The molecule has 1 aromatic carbocycles. The van der Waals surface area contributed by atoms with Crippen molar-refractivity contribution in [2.24, 2.45) is 0 Å². The van der Waals surface area contributed by atoms with E-state index in [0.29, 0.717) is 18.2 Å². The summed E-state index contributed by atoms with van der Waals surface area (Å²) >= 11 is 6.55. The first-order chi connectivity index (χ1) is 14.3. The highest BCUT2D eigenvalue weighted by Gasteiger charge is 2.43. The van der Waals surface area contributed by atoms with Gasteiger partial charge in [0.05, 0.1) is 35.2 Å². The van der Waals surface area contributed by atoms with E-state index in [1.54, 1.807) is 0 Å². The van der Waals surface area contributed by atoms with Gasteiger partial charge < -0.3 is 4.90 Å². The largest absolute Gasteiger partial charge is 0.343 e. The Kier molecular flexibility index (Phi) is 5.18. The minimum absolute atomic E-state index is 0.0474. The van der Waals surface area contributed by atoms with E-state index in [1.807, 2.05) is 29.3 Å². The van der Waals surface area contributed by atoms with Crippen molar-refractivity contribution in [3.8, 4) is 0 Å². The van der Waals surface area contributed by atoms with E-state index in [2.05, 4.69) is 39.8 Å². The first-order valence-corrected chi connectivity index (χ1v) is 13.4. The Morgan fingerprint density at radius 3 is 2.90 bits per heavy atom. The number of rotatable bonds is 4. The molecule has 5 rings (SSSR count). The van der Waals surface area contributed by atoms with Crippen LogP contribution in [0.15, 0.2) is 58.7 Å². The number of fused-ring (bicyclic) bond motifs is 4. The van der Waals surface area contributed by atoms with E-state index in [0.717, 1.165) is 18.4 Å². The molecule has 1 aliphatic carbocycles. The molecule has 0 saturated carbocycles. The SMILES string of the molecule is CS1=C2C(=CN(c3ccccc3Cl)CC3N(COS(C)(=O)=O)NCN23)C2=C1C=CC2. The summed E-state index contributed by atoms with van der Waals surface area (Å²) in [6, 6.07) is 7.80. The molecule has 1 N–H and O–H groups in total. The van der Waals surface area contributed by atoms with E-state index in [1.165, 1.54) is 21.0 Å². The lowest BCUT2D eigenvalue weighted by Crippen LogP contribution is -2.49. The number of benzene rings is 1. The third-order valence-electron chi connectivity index (χ3n) is 5.70. The van der Waals surface area contributed by atoms with Crippen LogP contribution in [-0.2, 0) is 14.3 Å². The average molecular weight is 467 g/mol. The molecular formula is C20H23ClN4O3S2. The summed E-state index contributed by atoms with van der Waals surface area (Å²) in [5, 5.41) is 2.53. The zero-order chi connectivity index (χ0) is 21.0. The van der Waals surface area contributed by atoms with Gasteiger partial charge in [0.1, 0.15) is 12.9 Å². The van der Waals surface area contributed by atoms with E-state index in [-0.39, 0.29) is 23.4 Å². The number of para-hydroxylation sites is 1. The number of hydrazine groups is 1. The van der Waals surface area contributed by atoms with Gasteiger partial charge >= 0.3 is 0 Å². The Morgan fingerprint density at radius 1 is 1.33 bits per heavy atom.